The van der Waals surface area contributed by atoms with Crippen LogP contribution in [0.1, 0.15) is 31.2 Å². The minimum absolute atomic E-state index is 0.293. The van der Waals surface area contributed by atoms with Gasteiger partial charge in [-0.05, 0) is 37.8 Å². The molecule has 1 aliphatic heterocycles. The summed E-state index contributed by atoms with van der Waals surface area (Å²) in [6.45, 7) is 1.28. The first-order valence-electron chi connectivity index (χ1n) is 6.66. The van der Waals surface area contributed by atoms with E-state index in [4.69, 9.17) is 14.2 Å². The minimum atomic E-state index is 0.293. The van der Waals surface area contributed by atoms with Gasteiger partial charge in [-0.3, -0.25) is 0 Å². The minimum Gasteiger partial charge on any atom is -0.493 e. The van der Waals surface area contributed by atoms with Gasteiger partial charge in [0.1, 0.15) is 6.54 Å². The second kappa shape index (κ2) is 5.06. The van der Waals surface area contributed by atoms with Crippen molar-refractivity contribution in [2.24, 2.45) is 0 Å². The fourth-order valence-corrected chi connectivity index (χ4v) is 2.80. The Morgan fingerprint density at radius 3 is 2.89 bits per heavy atom. The molecule has 1 heterocycles. The lowest BCUT2D eigenvalue weighted by Crippen LogP contribution is -2.87. The van der Waals surface area contributed by atoms with Crippen LogP contribution in [0.2, 0.25) is 0 Å². The molecule has 0 bridgehead atoms. The number of rotatable bonds is 4. The summed E-state index contributed by atoms with van der Waals surface area (Å²) in [6, 6.07) is 4.91. The van der Waals surface area contributed by atoms with Crippen molar-refractivity contribution in [1.29, 1.82) is 0 Å². The fraction of sp³-hybridized carbons (Fsp3) is 0.571. The summed E-state index contributed by atoms with van der Waals surface area (Å²) in [7, 11) is 1.67. The van der Waals surface area contributed by atoms with Crippen molar-refractivity contribution in [3.8, 4) is 17.2 Å². The molecule has 2 aliphatic rings. The molecule has 0 aromatic heterocycles. The van der Waals surface area contributed by atoms with Gasteiger partial charge in [0.2, 0.25) is 12.5 Å². The predicted molar refractivity (Wildman–Crippen MR) is 67.0 cm³/mol. The van der Waals surface area contributed by atoms with Crippen LogP contribution in [0.15, 0.2) is 12.1 Å². The van der Waals surface area contributed by atoms with E-state index in [1.54, 1.807) is 7.11 Å². The quantitative estimate of drug-likeness (QED) is 0.879. The molecule has 4 nitrogen and oxygen atoms in total. The highest BCUT2D eigenvalue weighted by atomic mass is 16.7. The molecule has 1 aromatic carbocycles. The van der Waals surface area contributed by atoms with E-state index in [0.717, 1.165) is 29.8 Å². The number of methoxy groups -OCH3 is 1. The van der Waals surface area contributed by atoms with E-state index in [1.807, 2.05) is 0 Å². The lowest BCUT2D eigenvalue weighted by atomic mass is 10.1. The average Bonchev–Trinajstić information content (AvgIpc) is 3.06. The molecule has 1 fully saturated rings. The van der Waals surface area contributed by atoms with Crippen molar-refractivity contribution in [3.63, 3.8) is 0 Å². The molecule has 0 unspecified atom stereocenters. The lowest BCUT2D eigenvalue weighted by molar-refractivity contribution is -0.703. The third-order valence-corrected chi connectivity index (χ3v) is 3.80. The Kier molecular flexibility index (Phi) is 3.28. The van der Waals surface area contributed by atoms with Crippen LogP contribution in [0.25, 0.3) is 0 Å². The highest BCUT2D eigenvalue weighted by Crippen LogP contribution is 2.41. The smallest absolute Gasteiger partial charge is 0.231 e. The average molecular weight is 250 g/mol. The van der Waals surface area contributed by atoms with Gasteiger partial charge >= 0.3 is 0 Å². The summed E-state index contributed by atoms with van der Waals surface area (Å²) < 4.78 is 16.2. The van der Waals surface area contributed by atoms with Gasteiger partial charge in [-0.1, -0.05) is 0 Å². The Balaban J connectivity index is 1.71. The van der Waals surface area contributed by atoms with E-state index in [-0.39, 0.29) is 0 Å². The highest BCUT2D eigenvalue weighted by molar-refractivity contribution is 5.54. The number of ether oxygens (including phenoxy) is 3. The molecule has 2 N–H and O–H groups in total. The molecule has 98 valence electrons. The van der Waals surface area contributed by atoms with Crippen LogP contribution >= 0.6 is 0 Å². The zero-order chi connectivity index (χ0) is 12.4. The Morgan fingerprint density at radius 2 is 2.11 bits per heavy atom. The van der Waals surface area contributed by atoms with Gasteiger partial charge in [0.05, 0.1) is 13.2 Å². The SMILES string of the molecule is COc1cc(C[NH2+]C2CCCC2)cc2c1OCO2. The first-order chi connectivity index (χ1) is 8.86. The Morgan fingerprint density at radius 1 is 1.28 bits per heavy atom. The molecule has 0 spiro atoms. The van der Waals surface area contributed by atoms with Gasteiger partial charge in [-0.25, -0.2) is 0 Å². The van der Waals surface area contributed by atoms with Gasteiger partial charge < -0.3 is 19.5 Å². The summed E-state index contributed by atoms with van der Waals surface area (Å²) in [4.78, 5) is 0. The summed E-state index contributed by atoms with van der Waals surface area (Å²) >= 11 is 0. The van der Waals surface area contributed by atoms with Crippen LogP contribution in [0.4, 0.5) is 0 Å². The normalized spacial score (nSPS) is 18.3. The molecule has 4 heteroatoms. The van der Waals surface area contributed by atoms with Gasteiger partial charge in [0.25, 0.3) is 0 Å². The maximum absolute atomic E-state index is 5.44. The van der Waals surface area contributed by atoms with Crippen LogP contribution in [0, 0.1) is 0 Å². The fourth-order valence-electron chi connectivity index (χ4n) is 2.80. The molecule has 0 amide bonds. The third-order valence-electron chi connectivity index (χ3n) is 3.80. The zero-order valence-corrected chi connectivity index (χ0v) is 10.8. The maximum atomic E-state index is 5.44. The summed E-state index contributed by atoms with van der Waals surface area (Å²) in [5, 5.41) is 2.43. The largest absolute Gasteiger partial charge is 0.493 e. The van der Waals surface area contributed by atoms with Crippen LogP contribution in [-0.4, -0.2) is 19.9 Å². The van der Waals surface area contributed by atoms with E-state index < -0.39 is 0 Å². The zero-order valence-electron chi connectivity index (χ0n) is 10.8. The molecule has 1 aliphatic carbocycles. The summed E-state index contributed by atoms with van der Waals surface area (Å²) in [5.74, 6) is 2.33. The molecule has 0 saturated heterocycles. The summed E-state index contributed by atoms with van der Waals surface area (Å²) in [5.41, 5.74) is 1.24. The van der Waals surface area contributed by atoms with Gasteiger partial charge in [-0.2, -0.15) is 0 Å². The maximum Gasteiger partial charge on any atom is 0.231 e. The summed E-state index contributed by atoms with van der Waals surface area (Å²) in [6.07, 6.45) is 5.46. The number of fused-ring (bicyclic) bond motifs is 1. The van der Waals surface area contributed by atoms with Crippen molar-refractivity contribution >= 4 is 0 Å². The van der Waals surface area contributed by atoms with Gasteiger partial charge in [0.15, 0.2) is 11.5 Å². The molecular weight excluding hydrogens is 230 g/mol. The van der Waals surface area contributed by atoms with Crippen molar-refractivity contribution in [3.05, 3.63) is 17.7 Å². The first-order valence-corrected chi connectivity index (χ1v) is 6.66. The standard InChI is InChI=1S/C14H19NO3/c1-16-12-6-10(7-13-14(12)18-9-17-13)8-15-11-4-2-3-5-11/h6-7,11,15H,2-5,8-9H2,1H3/p+1. The molecule has 18 heavy (non-hydrogen) atoms. The highest BCUT2D eigenvalue weighted by Gasteiger charge is 2.22. The lowest BCUT2D eigenvalue weighted by Gasteiger charge is -2.10. The molecular formula is C14H20NO3+. The van der Waals surface area contributed by atoms with Gasteiger partial charge in [0, 0.05) is 5.56 Å². The van der Waals surface area contributed by atoms with Crippen LogP contribution < -0.4 is 19.5 Å². The van der Waals surface area contributed by atoms with E-state index in [0.29, 0.717) is 6.79 Å². The second-order valence-electron chi connectivity index (χ2n) is 5.02. The molecule has 0 atom stereocenters. The molecule has 0 radical (unpaired) electrons. The number of nitrogens with two attached hydrogens (primary N) is 1. The molecule has 1 saturated carbocycles. The van der Waals surface area contributed by atoms with E-state index in [2.05, 4.69) is 17.4 Å². The Bertz CT molecular complexity index is 427. The molecule has 1 aromatic rings. The van der Waals surface area contributed by atoms with E-state index in [9.17, 15) is 0 Å². The number of hydrogen-bond acceptors (Lipinski definition) is 3. The van der Waals surface area contributed by atoms with Crippen molar-refractivity contribution in [2.45, 2.75) is 38.3 Å². The van der Waals surface area contributed by atoms with Crippen LogP contribution in [0.3, 0.4) is 0 Å². The van der Waals surface area contributed by atoms with Gasteiger partial charge in [-0.15, -0.1) is 0 Å². The number of quaternary nitrogens is 1. The molecule has 3 rings (SSSR count). The van der Waals surface area contributed by atoms with E-state index >= 15 is 0 Å². The third kappa shape index (κ3) is 2.25. The topological polar surface area (TPSA) is 44.3 Å². The number of benzene rings is 1. The Hall–Kier alpha value is -1.42. The van der Waals surface area contributed by atoms with E-state index in [1.165, 1.54) is 31.2 Å². The second-order valence-corrected chi connectivity index (χ2v) is 5.02. The monoisotopic (exact) mass is 250 g/mol. The first kappa shape index (κ1) is 11.7. The van der Waals surface area contributed by atoms with Crippen LogP contribution in [-0.2, 0) is 6.54 Å². The predicted octanol–water partition coefficient (Wildman–Crippen LogP) is 1.43. The van der Waals surface area contributed by atoms with Crippen molar-refractivity contribution in [2.75, 3.05) is 13.9 Å². The van der Waals surface area contributed by atoms with Crippen molar-refractivity contribution in [1.82, 2.24) is 0 Å². The van der Waals surface area contributed by atoms with Crippen LogP contribution in [0.5, 0.6) is 17.2 Å². The Labute approximate surface area is 107 Å². The number of hydrogen-bond donors (Lipinski definition) is 1. The van der Waals surface area contributed by atoms with Crippen molar-refractivity contribution < 1.29 is 19.5 Å².